The zero-order chi connectivity index (χ0) is 21.7. The highest BCUT2D eigenvalue weighted by Gasteiger charge is 2.20. The number of imidazole rings is 1. The van der Waals surface area contributed by atoms with Crippen LogP contribution >= 0.6 is 0 Å². The Morgan fingerprint density at radius 2 is 2.06 bits per heavy atom. The zero-order valence-electron chi connectivity index (χ0n) is 17.9. The average molecular weight is 429 g/mol. The summed E-state index contributed by atoms with van der Waals surface area (Å²) in [6.07, 6.45) is 7.28. The minimum atomic E-state index is -0.223. The molecule has 162 valence electrons. The van der Waals surface area contributed by atoms with E-state index in [1.165, 1.54) is 17.2 Å². The van der Waals surface area contributed by atoms with Gasteiger partial charge in [-0.15, -0.1) is 0 Å². The number of benzene rings is 2. The van der Waals surface area contributed by atoms with Crippen LogP contribution in [0.25, 0.3) is 16.6 Å². The summed E-state index contributed by atoms with van der Waals surface area (Å²) in [7, 11) is 2.16. The van der Waals surface area contributed by atoms with Crippen LogP contribution < -0.4 is 10.1 Å². The maximum Gasteiger partial charge on any atom is 0.208 e. The van der Waals surface area contributed by atoms with E-state index in [1.807, 2.05) is 16.8 Å². The zero-order valence-corrected chi connectivity index (χ0v) is 17.9. The number of anilines is 1. The Morgan fingerprint density at radius 3 is 3.00 bits per heavy atom. The second-order valence-corrected chi connectivity index (χ2v) is 8.57. The normalized spacial score (nSPS) is 15.4. The maximum atomic E-state index is 14.5. The minimum absolute atomic E-state index is 0.223. The lowest BCUT2D eigenvalue weighted by atomic mass is 9.95. The van der Waals surface area contributed by atoms with Gasteiger partial charge in [0.25, 0.3) is 0 Å². The molecule has 2 aliphatic heterocycles. The first-order chi connectivity index (χ1) is 15.7. The first-order valence-corrected chi connectivity index (χ1v) is 11.0. The molecule has 0 aliphatic carbocycles. The molecule has 6 rings (SSSR count). The van der Waals surface area contributed by atoms with Crippen molar-refractivity contribution in [2.24, 2.45) is 0 Å². The topological polar surface area (TPSA) is 54.7 Å². The van der Waals surface area contributed by atoms with Crippen LogP contribution in [0.4, 0.5) is 10.3 Å². The van der Waals surface area contributed by atoms with Crippen molar-refractivity contribution in [2.75, 3.05) is 25.5 Å². The Bertz CT molecular complexity index is 1330. The molecule has 2 aromatic carbocycles. The fourth-order valence-corrected chi connectivity index (χ4v) is 4.81. The first-order valence-electron chi connectivity index (χ1n) is 11.0. The van der Waals surface area contributed by atoms with Crippen molar-refractivity contribution in [3.63, 3.8) is 0 Å². The Balaban J connectivity index is 1.33. The van der Waals surface area contributed by atoms with Crippen LogP contribution in [0.1, 0.15) is 22.3 Å². The van der Waals surface area contributed by atoms with Crippen LogP contribution in [0.2, 0.25) is 0 Å². The molecular formula is C25H24FN5O. The van der Waals surface area contributed by atoms with Crippen molar-refractivity contribution in [3.05, 3.63) is 77.1 Å². The molecule has 0 bridgehead atoms. The molecule has 0 radical (unpaired) electrons. The lowest BCUT2D eigenvalue weighted by molar-refractivity contribution is 0.313. The van der Waals surface area contributed by atoms with E-state index < -0.39 is 0 Å². The van der Waals surface area contributed by atoms with Crippen LogP contribution in [0.5, 0.6) is 5.75 Å². The lowest BCUT2D eigenvalue weighted by Crippen LogP contribution is -2.26. The Kier molecular flexibility index (Phi) is 4.57. The summed E-state index contributed by atoms with van der Waals surface area (Å²) in [6, 6.07) is 9.85. The molecule has 2 aliphatic rings. The smallest absolute Gasteiger partial charge is 0.208 e. The molecule has 4 aromatic rings. The monoisotopic (exact) mass is 429 g/mol. The molecular weight excluding hydrogens is 405 g/mol. The predicted molar refractivity (Wildman–Crippen MR) is 121 cm³/mol. The third kappa shape index (κ3) is 3.20. The van der Waals surface area contributed by atoms with Gasteiger partial charge in [0.05, 0.1) is 18.3 Å². The molecule has 7 heteroatoms. The second-order valence-electron chi connectivity index (χ2n) is 8.57. The van der Waals surface area contributed by atoms with Gasteiger partial charge < -0.3 is 15.0 Å². The van der Waals surface area contributed by atoms with E-state index in [0.29, 0.717) is 24.7 Å². The summed E-state index contributed by atoms with van der Waals surface area (Å²) >= 11 is 0. The van der Waals surface area contributed by atoms with E-state index in [0.717, 1.165) is 53.9 Å². The highest BCUT2D eigenvalue weighted by atomic mass is 19.1. The third-order valence-corrected chi connectivity index (χ3v) is 6.54. The van der Waals surface area contributed by atoms with Crippen LogP contribution in [0.15, 0.2) is 49.1 Å². The van der Waals surface area contributed by atoms with Gasteiger partial charge in [-0.25, -0.2) is 14.4 Å². The van der Waals surface area contributed by atoms with Gasteiger partial charge in [-0.1, -0.05) is 12.1 Å². The molecule has 6 nitrogen and oxygen atoms in total. The number of likely N-dealkylation sites (N-methyl/N-ethyl adjacent to an activating group) is 1. The summed E-state index contributed by atoms with van der Waals surface area (Å²) in [6.45, 7) is 2.99. The maximum absolute atomic E-state index is 14.5. The van der Waals surface area contributed by atoms with Crippen molar-refractivity contribution in [2.45, 2.75) is 25.9 Å². The quantitative estimate of drug-likeness (QED) is 0.530. The van der Waals surface area contributed by atoms with Crippen LogP contribution in [0.3, 0.4) is 0 Å². The van der Waals surface area contributed by atoms with Crippen molar-refractivity contribution >= 4 is 11.5 Å². The van der Waals surface area contributed by atoms with Crippen molar-refractivity contribution < 1.29 is 9.13 Å². The van der Waals surface area contributed by atoms with Crippen molar-refractivity contribution in [1.29, 1.82) is 0 Å². The van der Waals surface area contributed by atoms with Gasteiger partial charge in [-0.2, -0.15) is 0 Å². The molecule has 0 saturated heterocycles. The summed E-state index contributed by atoms with van der Waals surface area (Å²) < 4.78 is 22.0. The van der Waals surface area contributed by atoms with E-state index >= 15 is 0 Å². The lowest BCUT2D eigenvalue weighted by Gasteiger charge is -2.25. The van der Waals surface area contributed by atoms with Gasteiger partial charge in [-0.05, 0) is 48.4 Å². The Labute approximate surface area is 185 Å². The molecule has 0 amide bonds. The number of ether oxygens (including phenoxy) is 1. The Hall–Kier alpha value is -3.45. The average Bonchev–Trinajstić information content (AvgIpc) is 3.48. The summed E-state index contributed by atoms with van der Waals surface area (Å²) in [4.78, 5) is 11.4. The standard InChI is InChI=1S/C25H24FN5O/c1-30-8-6-16-2-3-17(10-18(16)14-30)20-11-28-25(31-15-27-13-23(20)31)29-12-21-19-7-9-32-24(19)5-4-22(21)26/h2-5,10-11,13,15H,6-9,12,14H2,1H3,(H,28,29). The predicted octanol–water partition coefficient (Wildman–Crippen LogP) is 4.07. The summed E-state index contributed by atoms with van der Waals surface area (Å²) in [5, 5.41) is 3.30. The molecule has 32 heavy (non-hydrogen) atoms. The third-order valence-electron chi connectivity index (χ3n) is 6.54. The van der Waals surface area contributed by atoms with E-state index in [-0.39, 0.29) is 5.82 Å². The molecule has 0 fully saturated rings. The number of hydrogen-bond acceptors (Lipinski definition) is 5. The molecule has 1 N–H and O–H groups in total. The highest BCUT2D eigenvalue weighted by molar-refractivity contribution is 5.80. The molecule has 0 atom stereocenters. The van der Waals surface area contributed by atoms with Crippen molar-refractivity contribution in [3.8, 4) is 16.9 Å². The van der Waals surface area contributed by atoms with Crippen LogP contribution in [0, 0.1) is 5.82 Å². The summed E-state index contributed by atoms with van der Waals surface area (Å²) in [5.41, 5.74) is 7.49. The number of hydrogen-bond donors (Lipinski definition) is 1. The Morgan fingerprint density at radius 1 is 1.12 bits per heavy atom. The molecule has 0 spiro atoms. The summed E-state index contributed by atoms with van der Waals surface area (Å²) in [5.74, 6) is 1.19. The van der Waals surface area contributed by atoms with Crippen molar-refractivity contribution in [1.82, 2.24) is 19.3 Å². The van der Waals surface area contributed by atoms with Gasteiger partial charge in [-0.3, -0.25) is 4.40 Å². The van der Waals surface area contributed by atoms with E-state index in [9.17, 15) is 4.39 Å². The molecule has 4 heterocycles. The van der Waals surface area contributed by atoms with Gasteiger partial charge >= 0.3 is 0 Å². The van der Waals surface area contributed by atoms with E-state index in [4.69, 9.17) is 4.74 Å². The number of nitrogens with zero attached hydrogens (tertiary/aromatic N) is 4. The van der Waals surface area contributed by atoms with E-state index in [2.05, 4.69) is 45.4 Å². The first kappa shape index (κ1) is 19.3. The van der Waals surface area contributed by atoms with Crippen LogP contribution in [-0.4, -0.2) is 39.5 Å². The SMILES string of the molecule is CN1CCc2ccc(-c3cnc(NCc4c(F)ccc5c4CCO5)n4cncc34)cc2C1. The molecule has 0 saturated carbocycles. The van der Waals surface area contributed by atoms with E-state index in [1.54, 1.807) is 12.4 Å². The van der Waals surface area contributed by atoms with Crippen LogP contribution in [-0.2, 0) is 25.9 Å². The minimum Gasteiger partial charge on any atom is -0.493 e. The number of aromatic nitrogens is 3. The second kappa shape index (κ2) is 7.60. The number of fused-ring (bicyclic) bond motifs is 3. The van der Waals surface area contributed by atoms with Gasteiger partial charge in [0, 0.05) is 48.9 Å². The molecule has 0 unspecified atom stereocenters. The fourth-order valence-electron chi connectivity index (χ4n) is 4.81. The molecule has 2 aromatic heterocycles. The van der Waals surface area contributed by atoms with Gasteiger partial charge in [0.2, 0.25) is 5.95 Å². The fraction of sp³-hybridized carbons (Fsp3) is 0.280. The number of nitrogens with one attached hydrogen (secondary N) is 1. The van der Waals surface area contributed by atoms with Gasteiger partial charge in [0.15, 0.2) is 0 Å². The largest absolute Gasteiger partial charge is 0.493 e. The number of halogens is 1. The van der Waals surface area contributed by atoms with Gasteiger partial charge in [0.1, 0.15) is 17.9 Å². The number of rotatable bonds is 4. The highest BCUT2D eigenvalue weighted by Crippen LogP contribution is 2.32.